The highest BCUT2D eigenvalue weighted by atomic mass is 32.2. The molecule has 0 saturated heterocycles. The number of aldehydes is 1. The molecule has 18 heavy (non-hydrogen) atoms. The number of benzene rings is 1. The van der Waals surface area contributed by atoms with E-state index in [9.17, 15) is 17.6 Å². The molecule has 0 fully saturated rings. The Kier molecular flexibility index (Phi) is 3.29. The molecule has 1 aromatic carbocycles. The van der Waals surface area contributed by atoms with Crippen molar-refractivity contribution < 1.29 is 17.6 Å². The van der Waals surface area contributed by atoms with Crippen molar-refractivity contribution in [2.24, 2.45) is 5.14 Å². The largest absolute Gasteiger partial charge is 0.298 e. The molecule has 0 radical (unpaired) electrons. The van der Waals surface area contributed by atoms with Gasteiger partial charge in [-0.25, -0.2) is 17.9 Å². The smallest absolute Gasteiger partial charge is 0.247 e. The molecule has 4 nitrogen and oxygen atoms in total. The average molecular weight is 285 g/mol. The molecule has 0 aliphatic rings. The Balaban J connectivity index is 2.47. The molecule has 0 atom stereocenters. The molecule has 1 aromatic heterocycles. The maximum atomic E-state index is 13.4. The molecule has 1 heterocycles. The summed E-state index contributed by atoms with van der Waals surface area (Å²) in [7, 11) is -3.74. The van der Waals surface area contributed by atoms with Crippen LogP contribution in [0.4, 0.5) is 4.39 Å². The number of carbonyl (C=O) groups is 1. The minimum atomic E-state index is -3.74. The van der Waals surface area contributed by atoms with Gasteiger partial charge in [-0.3, -0.25) is 4.79 Å². The lowest BCUT2D eigenvalue weighted by molar-refractivity contribution is 0.112. The summed E-state index contributed by atoms with van der Waals surface area (Å²) in [5.41, 5.74) is 0.458. The van der Waals surface area contributed by atoms with Crippen LogP contribution in [-0.4, -0.2) is 14.7 Å². The quantitative estimate of drug-likeness (QED) is 0.876. The minimum Gasteiger partial charge on any atom is -0.298 e. The van der Waals surface area contributed by atoms with Gasteiger partial charge in [0, 0.05) is 4.88 Å². The third kappa shape index (κ3) is 2.47. The van der Waals surface area contributed by atoms with Crippen molar-refractivity contribution in [1.29, 1.82) is 0 Å². The van der Waals surface area contributed by atoms with E-state index in [4.69, 9.17) is 5.14 Å². The number of sulfonamides is 1. The van der Waals surface area contributed by atoms with Gasteiger partial charge in [0.1, 0.15) is 10.0 Å². The molecule has 2 rings (SSSR count). The summed E-state index contributed by atoms with van der Waals surface area (Å²) >= 11 is 0.947. The molecule has 0 bridgehead atoms. The summed E-state index contributed by atoms with van der Waals surface area (Å²) in [4.78, 5) is 11.0. The van der Waals surface area contributed by atoms with E-state index in [-0.39, 0.29) is 9.77 Å². The Morgan fingerprint density at radius 3 is 2.44 bits per heavy atom. The van der Waals surface area contributed by atoms with Crippen LogP contribution >= 0.6 is 11.3 Å². The van der Waals surface area contributed by atoms with E-state index in [1.165, 1.54) is 18.2 Å². The molecular formula is C11H8FNO3S2. The summed E-state index contributed by atoms with van der Waals surface area (Å²) in [6.07, 6.45) is 0.420. The van der Waals surface area contributed by atoms with Gasteiger partial charge in [0.2, 0.25) is 10.0 Å². The zero-order valence-electron chi connectivity index (χ0n) is 8.96. The van der Waals surface area contributed by atoms with Crippen LogP contribution in [0.2, 0.25) is 0 Å². The van der Waals surface area contributed by atoms with Crippen molar-refractivity contribution in [3.05, 3.63) is 41.7 Å². The van der Waals surface area contributed by atoms with Crippen LogP contribution in [0.15, 0.2) is 34.5 Å². The first-order valence-corrected chi connectivity index (χ1v) is 7.16. The van der Waals surface area contributed by atoms with Gasteiger partial charge in [-0.2, -0.15) is 0 Å². The summed E-state index contributed by atoms with van der Waals surface area (Å²) in [6, 6.07) is 6.97. The number of primary sulfonamides is 1. The number of hydrogen-bond donors (Lipinski definition) is 1. The molecule has 0 amide bonds. The van der Waals surface area contributed by atoms with Crippen molar-refractivity contribution in [3.8, 4) is 10.4 Å². The Bertz CT molecular complexity index is 707. The van der Waals surface area contributed by atoms with E-state index in [2.05, 4.69) is 0 Å². The van der Waals surface area contributed by atoms with Gasteiger partial charge in [0.25, 0.3) is 0 Å². The van der Waals surface area contributed by atoms with Gasteiger partial charge in [-0.15, -0.1) is 11.3 Å². The molecule has 0 unspecified atom stereocenters. The molecule has 0 saturated carbocycles. The van der Waals surface area contributed by atoms with Gasteiger partial charge in [-0.1, -0.05) is 6.07 Å². The van der Waals surface area contributed by atoms with Crippen molar-refractivity contribution in [2.75, 3.05) is 0 Å². The maximum absolute atomic E-state index is 13.4. The van der Waals surface area contributed by atoms with E-state index in [1.54, 1.807) is 12.1 Å². The molecule has 0 aliphatic carbocycles. The Hall–Kier alpha value is -1.57. The highest BCUT2D eigenvalue weighted by Crippen LogP contribution is 2.30. The van der Waals surface area contributed by atoms with Crippen molar-refractivity contribution in [2.45, 2.75) is 4.21 Å². The first kappa shape index (κ1) is 12.9. The van der Waals surface area contributed by atoms with E-state index < -0.39 is 15.8 Å². The van der Waals surface area contributed by atoms with Crippen LogP contribution < -0.4 is 5.14 Å². The van der Waals surface area contributed by atoms with Gasteiger partial charge in [0.15, 0.2) is 6.29 Å². The number of thiophene rings is 1. The lowest BCUT2D eigenvalue weighted by atomic mass is 10.1. The van der Waals surface area contributed by atoms with Crippen molar-refractivity contribution in [1.82, 2.24) is 0 Å². The van der Waals surface area contributed by atoms with Gasteiger partial charge in [0.05, 0.1) is 5.56 Å². The number of halogens is 1. The average Bonchev–Trinajstić information content (AvgIpc) is 2.77. The van der Waals surface area contributed by atoms with Crippen LogP contribution in [0.1, 0.15) is 10.4 Å². The first-order chi connectivity index (χ1) is 8.41. The molecule has 0 aliphatic heterocycles. The topological polar surface area (TPSA) is 77.2 Å². The van der Waals surface area contributed by atoms with Gasteiger partial charge < -0.3 is 0 Å². The fourth-order valence-corrected chi connectivity index (χ4v) is 3.13. The highest BCUT2D eigenvalue weighted by molar-refractivity contribution is 7.91. The second kappa shape index (κ2) is 4.60. The van der Waals surface area contributed by atoms with Crippen LogP contribution in [-0.2, 0) is 10.0 Å². The minimum absolute atomic E-state index is 0.0115. The molecule has 7 heteroatoms. The first-order valence-electron chi connectivity index (χ1n) is 4.79. The van der Waals surface area contributed by atoms with Crippen LogP contribution in [0.3, 0.4) is 0 Å². The Morgan fingerprint density at radius 1 is 1.22 bits per heavy atom. The Morgan fingerprint density at radius 2 is 1.94 bits per heavy atom. The number of nitrogens with two attached hydrogens (primary N) is 1. The van der Waals surface area contributed by atoms with E-state index >= 15 is 0 Å². The maximum Gasteiger partial charge on any atom is 0.247 e. The zero-order chi connectivity index (χ0) is 13.3. The molecular weight excluding hydrogens is 277 g/mol. The summed E-state index contributed by atoms with van der Waals surface area (Å²) in [5.74, 6) is -0.645. The SMILES string of the molecule is NS(=O)(=O)c1ccc(-c2ccc(C=O)c(F)c2)s1. The summed E-state index contributed by atoms with van der Waals surface area (Å²) < 4.78 is 35.6. The lowest BCUT2D eigenvalue weighted by Gasteiger charge is -1.99. The monoisotopic (exact) mass is 285 g/mol. The fraction of sp³-hybridized carbons (Fsp3) is 0. The zero-order valence-corrected chi connectivity index (χ0v) is 10.6. The highest BCUT2D eigenvalue weighted by Gasteiger charge is 2.13. The summed E-state index contributed by atoms with van der Waals surface area (Å²) in [6.45, 7) is 0. The predicted octanol–water partition coefficient (Wildman–Crippen LogP) is 2.01. The number of hydrogen-bond acceptors (Lipinski definition) is 4. The standard InChI is InChI=1S/C11H8FNO3S2/c12-9-5-7(1-2-8(9)6-14)10-3-4-11(17-10)18(13,15)16/h1-6H,(H2,13,15,16). The molecule has 0 spiro atoms. The number of rotatable bonds is 3. The van der Waals surface area contributed by atoms with Gasteiger partial charge in [-0.05, 0) is 29.8 Å². The lowest BCUT2D eigenvalue weighted by Crippen LogP contribution is -2.09. The van der Waals surface area contributed by atoms with Crippen LogP contribution in [0.25, 0.3) is 10.4 Å². The van der Waals surface area contributed by atoms with Crippen molar-refractivity contribution >= 4 is 27.6 Å². The third-order valence-electron chi connectivity index (χ3n) is 2.27. The third-order valence-corrected chi connectivity index (χ3v) is 4.85. The van der Waals surface area contributed by atoms with Crippen molar-refractivity contribution in [3.63, 3.8) is 0 Å². The second-order valence-corrected chi connectivity index (χ2v) is 6.39. The molecule has 2 aromatic rings. The van der Waals surface area contributed by atoms with Crippen LogP contribution in [0.5, 0.6) is 0 Å². The Labute approximate surface area is 107 Å². The second-order valence-electron chi connectivity index (χ2n) is 3.52. The number of carbonyl (C=O) groups excluding carboxylic acids is 1. The van der Waals surface area contributed by atoms with E-state index in [0.29, 0.717) is 16.7 Å². The fourth-order valence-electron chi connectivity index (χ4n) is 1.40. The van der Waals surface area contributed by atoms with E-state index in [1.807, 2.05) is 0 Å². The normalized spacial score (nSPS) is 11.4. The van der Waals surface area contributed by atoms with Gasteiger partial charge >= 0.3 is 0 Å². The predicted molar refractivity (Wildman–Crippen MR) is 66.5 cm³/mol. The molecule has 94 valence electrons. The summed E-state index contributed by atoms with van der Waals surface area (Å²) in [5, 5.41) is 4.99. The molecule has 2 N–H and O–H groups in total. The van der Waals surface area contributed by atoms with E-state index in [0.717, 1.165) is 11.3 Å². The van der Waals surface area contributed by atoms with Crippen LogP contribution in [0, 0.1) is 5.82 Å².